The molecule has 1 aromatic heterocycles. The molecule has 0 atom stereocenters. The third-order valence-electron chi connectivity index (χ3n) is 4.04. The van der Waals surface area contributed by atoms with Crippen molar-refractivity contribution in [2.24, 2.45) is 4.99 Å². The summed E-state index contributed by atoms with van der Waals surface area (Å²) in [4.78, 5) is 4.48. The average molecular weight is 355 g/mol. The lowest BCUT2D eigenvalue weighted by molar-refractivity contribution is 0.197. The van der Waals surface area contributed by atoms with Gasteiger partial charge in [0.1, 0.15) is 5.84 Å². The second-order valence-corrected chi connectivity index (χ2v) is 5.80. The number of nitrogens with zero attached hydrogens (tertiary/aromatic N) is 2. The molecule has 4 nitrogen and oxygen atoms in total. The van der Waals surface area contributed by atoms with E-state index in [1.807, 2.05) is 42.5 Å². The van der Waals surface area contributed by atoms with Crippen LogP contribution in [0, 0.1) is 0 Å². The summed E-state index contributed by atoms with van der Waals surface area (Å²) in [5.41, 5.74) is 2.79. The molecule has 1 aliphatic rings. The van der Waals surface area contributed by atoms with Crippen molar-refractivity contribution >= 4 is 18.8 Å². The van der Waals surface area contributed by atoms with E-state index in [1.54, 1.807) is 19.2 Å². The first-order valence-electron chi connectivity index (χ1n) is 8.44. The summed E-state index contributed by atoms with van der Waals surface area (Å²) in [5, 5.41) is 3.24. The molecule has 0 saturated heterocycles. The molecule has 0 amide bonds. The number of amidine groups is 1. The highest BCUT2D eigenvalue weighted by Crippen LogP contribution is 2.29. The van der Waals surface area contributed by atoms with E-state index in [4.69, 9.17) is 4.74 Å². The highest BCUT2D eigenvalue weighted by atomic mass is 19.2. The largest absolute Gasteiger partial charge is 0.677 e. The lowest BCUT2D eigenvalue weighted by Crippen LogP contribution is -2.19. The second-order valence-electron chi connectivity index (χ2n) is 5.80. The standard InChI is InChI=1S/C19H20BF2N3O/c1-26-14-6-12-23-18-11-10-16(24-18)19(15-7-3-2-4-8-15)17-9-5-13-25(17)20(21)22/h2-5,7-11,13H,6,12,14H2,1H3,(H,23,24)/b19-16+. The maximum absolute atomic E-state index is 13.4. The molecular formula is C19H20BF2N3O. The van der Waals surface area contributed by atoms with Gasteiger partial charge in [0.15, 0.2) is 0 Å². The number of aliphatic imine (C=N–C) groups is 1. The van der Waals surface area contributed by atoms with Crippen LogP contribution in [0.3, 0.4) is 0 Å². The number of aromatic nitrogens is 1. The van der Waals surface area contributed by atoms with Crippen LogP contribution in [-0.4, -0.2) is 38.0 Å². The van der Waals surface area contributed by atoms with Crippen LogP contribution in [0.25, 0.3) is 5.57 Å². The summed E-state index contributed by atoms with van der Waals surface area (Å²) in [7, 11) is -0.946. The smallest absolute Gasteiger partial charge is 0.385 e. The van der Waals surface area contributed by atoms with Crippen molar-refractivity contribution in [3.8, 4) is 0 Å². The van der Waals surface area contributed by atoms with Crippen molar-refractivity contribution in [1.29, 1.82) is 0 Å². The van der Waals surface area contributed by atoms with Gasteiger partial charge in [0.25, 0.3) is 0 Å². The molecule has 0 saturated carbocycles. The van der Waals surface area contributed by atoms with E-state index in [1.165, 1.54) is 6.20 Å². The number of hydrogen-bond donors (Lipinski definition) is 1. The number of allylic oxidation sites excluding steroid dienone is 1. The van der Waals surface area contributed by atoms with Gasteiger partial charge in [0.05, 0.1) is 0 Å². The lowest BCUT2D eigenvalue weighted by atomic mass is 9.99. The molecule has 3 rings (SSSR count). The second kappa shape index (κ2) is 8.62. The van der Waals surface area contributed by atoms with Crippen LogP contribution in [0.15, 0.2) is 71.5 Å². The van der Waals surface area contributed by atoms with Gasteiger partial charge in [-0.1, -0.05) is 30.3 Å². The quantitative estimate of drug-likeness (QED) is 0.609. The van der Waals surface area contributed by atoms with Crippen LogP contribution >= 0.6 is 0 Å². The van der Waals surface area contributed by atoms with Gasteiger partial charge >= 0.3 is 7.40 Å². The third kappa shape index (κ3) is 4.11. The fraction of sp³-hybridized carbons (Fsp3) is 0.211. The summed E-state index contributed by atoms with van der Waals surface area (Å²) in [6.07, 6.45) is 5.96. The van der Waals surface area contributed by atoms with Crippen molar-refractivity contribution in [3.05, 3.63) is 77.8 Å². The summed E-state index contributed by atoms with van der Waals surface area (Å²) in [6, 6.07) is 12.8. The first-order valence-corrected chi connectivity index (χ1v) is 8.44. The Kier molecular flexibility index (Phi) is 6.02. The zero-order chi connectivity index (χ0) is 18.4. The number of methoxy groups -OCH3 is 1. The molecule has 0 aliphatic carbocycles. The SMILES string of the molecule is COCCCN=C1C=C/C(=C(/c2ccccc2)c2cccn2B(F)F)N1. The normalized spacial score (nSPS) is 16.8. The van der Waals surface area contributed by atoms with Gasteiger partial charge < -0.3 is 14.5 Å². The summed E-state index contributed by atoms with van der Waals surface area (Å²) >= 11 is 0. The van der Waals surface area contributed by atoms with Gasteiger partial charge in [0, 0.05) is 37.2 Å². The predicted molar refractivity (Wildman–Crippen MR) is 101 cm³/mol. The Morgan fingerprint density at radius 2 is 1.96 bits per heavy atom. The van der Waals surface area contributed by atoms with Gasteiger partial charge in [-0.2, -0.15) is 0 Å². The number of halogens is 2. The average Bonchev–Trinajstić information content (AvgIpc) is 3.30. The molecule has 0 fully saturated rings. The van der Waals surface area contributed by atoms with E-state index in [-0.39, 0.29) is 0 Å². The Hall–Kier alpha value is -2.67. The Morgan fingerprint density at radius 3 is 2.69 bits per heavy atom. The molecule has 2 aromatic rings. The molecule has 134 valence electrons. The minimum atomic E-state index is -2.60. The molecule has 0 radical (unpaired) electrons. The minimum absolute atomic E-state index is 0.457. The van der Waals surface area contributed by atoms with E-state index in [9.17, 15) is 8.63 Å². The topological polar surface area (TPSA) is 38.5 Å². The third-order valence-corrected chi connectivity index (χ3v) is 4.04. The van der Waals surface area contributed by atoms with E-state index in [0.29, 0.717) is 24.4 Å². The zero-order valence-electron chi connectivity index (χ0n) is 14.5. The van der Waals surface area contributed by atoms with Gasteiger partial charge in [-0.25, -0.2) is 0 Å². The first kappa shape index (κ1) is 18.1. The van der Waals surface area contributed by atoms with E-state index < -0.39 is 7.40 Å². The molecular weight excluding hydrogens is 335 g/mol. The first-order chi connectivity index (χ1) is 12.7. The lowest BCUT2D eigenvalue weighted by Gasteiger charge is -2.14. The molecule has 0 unspecified atom stereocenters. The highest BCUT2D eigenvalue weighted by molar-refractivity contribution is 6.41. The number of rotatable bonds is 7. The van der Waals surface area contributed by atoms with Crippen molar-refractivity contribution in [2.45, 2.75) is 6.42 Å². The van der Waals surface area contributed by atoms with Crippen LogP contribution in [0.5, 0.6) is 0 Å². The van der Waals surface area contributed by atoms with E-state index >= 15 is 0 Å². The van der Waals surface area contributed by atoms with Crippen molar-refractivity contribution in [2.75, 3.05) is 20.3 Å². The van der Waals surface area contributed by atoms with E-state index in [0.717, 1.165) is 28.0 Å². The van der Waals surface area contributed by atoms with Gasteiger partial charge in [-0.3, -0.25) is 13.6 Å². The zero-order valence-corrected chi connectivity index (χ0v) is 14.5. The monoisotopic (exact) mass is 355 g/mol. The number of hydrogen-bond acceptors (Lipinski definition) is 2. The van der Waals surface area contributed by atoms with Gasteiger partial charge in [-0.15, -0.1) is 0 Å². The maximum atomic E-state index is 13.4. The number of benzene rings is 1. The Labute approximate surface area is 152 Å². The fourth-order valence-corrected chi connectivity index (χ4v) is 2.85. The fourth-order valence-electron chi connectivity index (χ4n) is 2.85. The van der Waals surface area contributed by atoms with E-state index in [2.05, 4.69) is 10.3 Å². The van der Waals surface area contributed by atoms with Crippen LogP contribution in [0.2, 0.25) is 0 Å². The number of nitrogens with one attached hydrogen (secondary N) is 1. The highest BCUT2D eigenvalue weighted by Gasteiger charge is 2.24. The van der Waals surface area contributed by atoms with Gasteiger partial charge in [-0.05, 0) is 42.5 Å². The predicted octanol–water partition coefficient (Wildman–Crippen LogP) is 3.61. The van der Waals surface area contributed by atoms with Gasteiger partial charge in [0.2, 0.25) is 0 Å². The van der Waals surface area contributed by atoms with Crippen molar-refractivity contribution < 1.29 is 13.4 Å². The Balaban J connectivity index is 1.96. The molecule has 1 aliphatic heterocycles. The molecule has 1 N–H and O–H groups in total. The van der Waals surface area contributed by atoms with Crippen molar-refractivity contribution in [1.82, 2.24) is 9.79 Å². The van der Waals surface area contributed by atoms with Crippen LogP contribution < -0.4 is 5.32 Å². The Morgan fingerprint density at radius 1 is 1.15 bits per heavy atom. The van der Waals surface area contributed by atoms with Crippen molar-refractivity contribution in [3.63, 3.8) is 0 Å². The molecule has 7 heteroatoms. The van der Waals surface area contributed by atoms with Crippen LogP contribution in [0.1, 0.15) is 17.7 Å². The molecule has 1 aromatic carbocycles. The Bertz CT molecular complexity index is 828. The summed E-state index contributed by atoms with van der Waals surface area (Å²) in [5.74, 6) is 0.722. The minimum Gasteiger partial charge on any atom is -0.385 e. The molecule has 0 bridgehead atoms. The molecule has 2 heterocycles. The maximum Gasteiger partial charge on any atom is 0.677 e. The van der Waals surface area contributed by atoms with Crippen LogP contribution in [0.4, 0.5) is 8.63 Å². The van der Waals surface area contributed by atoms with Crippen LogP contribution in [-0.2, 0) is 4.74 Å². The molecule has 26 heavy (non-hydrogen) atoms. The summed E-state index contributed by atoms with van der Waals surface area (Å²) < 4.78 is 32.8. The number of ether oxygens (including phenoxy) is 1. The molecule has 0 spiro atoms. The summed E-state index contributed by atoms with van der Waals surface area (Å²) in [6.45, 7) is 1.29.